The fraction of sp³-hybridized carbons (Fsp3) is 0.286. The number of nitrogens with one attached hydrogen (secondary N) is 1. The molecule has 3 aromatic rings. The first-order chi connectivity index (χ1) is 12.7. The zero-order valence-electron chi connectivity index (χ0n) is 16.3. The molecular formula is C21H24N4O2. The summed E-state index contributed by atoms with van der Waals surface area (Å²) in [6, 6.07) is 13.1. The number of benzene rings is 1. The van der Waals surface area contributed by atoms with E-state index < -0.39 is 5.91 Å². The van der Waals surface area contributed by atoms with Crippen molar-refractivity contribution >= 4 is 11.7 Å². The van der Waals surface area contributed by atoms with Gasteiger partial charge in [-0.05, 0) is 45.4 Å². The first-order valence-electron chi connectivity index (χ1n) is 8.82. The van der Waals surface area contributed by atoms with Gasteiger partial charge >= 0.3 is 0 Å². The van der Waals surface area contributed by atoms with E-state index in [4.69, 9.17) is 0 Å². The molecule has 0 unspecified atom stereocenters. The highest BCUT2D eigenvalue weighted by Crippen LogP contribution is 2.31. The lowest BCUT2D eigenvalue weighted by Crippen LogP contribution is -2.31. The molecule has 6 heteroatoms. The quantitative estimate of drug-likeness (QED) is 0.772. The molecule has 3 rings (SSSR count). The molecule has 27 heavy (non-hydrogen) atoms. The SMILES string of the molecule is Cc1ccc(C(=O)Nc2c(-c3ccccc3)cnn2C(C)(C)C)c(=O)n1C. The van der Waals surface area contributed by atoms with Crippen molar-refractivity contribution in [2.45, 2.75) is 33.2 Å². The summed E-state index contributed by atoms with van der Waals surface area (Å²) in [5.41, 5.74) is 1.98. The highest BCUT2D eigenvalue weighted by Gasteiger charge is 2.24. The molecule has 0 saturated carbocycles. The number of rotatable bonds is 3. The molecule has 0 atom stereocenters. The smallest absolute Gasteiger partial charge is 0.263 e. The van der Waals surface area contributed by atoms with Crippen molar-refractivity contribution in [1.82, 2.24) is 14.3 Å². The minimum absolute atomic E-state index is 0.101. The largest absolute Gasteiger partial charge is 0.315 e. The number of hydrogen-bond donors (Lipinski definition) is 1. The lowest BCUT2D eigenvalue weighted by atomic mass is 10.1. The van der Waals surface area contributed by atoms with Crippen LogP contribution in [0.25, 0.3) is 11.1 Å². The number of amides is 1. The highest BCUT2D eigenvalue weighted by atomic mass is 16.2. The first kappa shape index (κ1) is 18.6. The van der Waals surface area contributed by atoms with Crippen LogP contribution >= 0.6 is 0 Å². The number of aryl methyl sites for hydroxylation is 1. The van der Waals surface area contributed by atoms with Crippen molar-refractivity contribution in [2.24, 2.45) is 7.05 Å². The van der Waals surface area contributed by atoms with Crippen LogP contribution < -0.4 is 10.9 Å². The van der Waals surface area contributed by atoms with Crippen molar-refractivity contribution in [3.63, 3.8) is 0 Å². The Labute approximate surface area is 158 Å². The molecule has 0 saturated heterocycles. The van der Waals surface area contributed by atoms with Gasteiger partial charge in [-0.3, -0.25) is 9.59 Å². The maximum Gasteiger partial charge on any atom is 0.263 e. The molecule has 1 amide bonds. The molecule has 1 aromatic carbocycles. The van der Waals surface area contributed by atoms with E-state index in [1.54, 1.807) is 30.1 Å². The fourth-order valence-corrected chi connectivity index (χ4v) is 2.88. The van der Waals surface area contributed by atoms with Crippen molar-refractivity contribution in [1.29, 1.82) is 0 Å². The monoisotopic (exact) mass is 364 g/mol. The van der Waals surface area contributed by atoms with Crippen LogP contribution in [-0.2, 0) is 12.6 Å². The van der Waals surface area contributed by atoms with Crippen molar-refractivity contribution in [3.05, 3.63) is 70.3 Å². The Bertz CT molecular complexity index is 1040. The van der Waals surface area contributed by atoms with E-state index >= 15 is 0 Å². The van der Waals surface area contributed by atoms with Gasteiger partial charge in [0.15, 0.2) is 0 Å². The van der Waals surface area contributed by atoms with Gasteiger partial charge in [-0.15, -0.1) is 0 Å². The van der Waals surface area contributed by atoms with Crippen LogP contribution in [0.3, 0.4) is 0 Å². The third-order valence-corrected chi connectivity index (χ3v) is 4.52. The van der Waals surface area contributed by atoms with Gasteiger partial charge in [0.05, 0.1) is 11.7 Å². The van der Waals surface area contributed by atoms with Gasteiger partial charge in [-0.1, -0.05) is 30.3 Å². The predicted octanol–water partition coefficient (Wildman–Crippen LogP) is 3.56. The standard InChI is InChI=1S/C21H24N4O2/c1-14-11-12-16(20(27)24(14)5)19(26)23-18-17(15-9-7-6-8-10-15)13-22-25(18)21(2,3)4/h6-13H,1-5H3,(H,23,26). The van der Waals surface area contributed by atoms with E-state index in [1.165, 1.54) is 4.57 Å². The molecule has 0 aliphatic heterocycles. The van der Waals surface area contributed by atoms with Crippen molar-refractivity contribution in [2.75, 3.05) is 5.32 Å². The zero-order valence-corrected chi connectivity index (χ0v) is 16.3. The summed E-state index contributed by atoms with van der Waals surface area (Å²) in [6.07, 6.45) is 1.74. The summed E-state index contributed by atoms with van der Waals surface area (Å²) in [5, 5.41) is 7.40. The van der Waals surface area contributed by atoms with Gasteiger partial charge in [0, 0.05) is 18.3 Å². The molecule has 0 radical (unpaired) electrons. The maximum atomic E-state index is 12.9. The van der Waals surface area contributed by atoms with Crippen molar-refractivity contribution in [3.8, 4) is 11.1 Å². The Hall–Kier alpha value is -3.15. The first-order valence-corrected chi connectivity index (χ1v) is 8.82. The summed E-state index contributed by atoms with van der Waals surface area (Å²) < 4.78 is 3.24. The fourth-order valence-electron chi connectivity index (χ4n) is 2.88. The summed E-state index contributed by atoms with van der Waals surface area (Å²) in [7, 11) is 1.66. The lowest BCUT2D eigenvalue weighted by molar-refractivity contribution is 0.102. The molecule has 2 heterocycles. The average Bonchev–Trinajstić information content (AvgIpc) is 3.04. The molecule has 0 spiro atoms. The van der Waals surface area contributed by atoms with E-state index in [1.807, 2.05) is 58.0 Å². The van der Waals surface area contributed by atoms with E-state index in [-0.39, 0.29) is 16.7 Å². The van der Waals surface area contributed by atoms with Gasteiger partial charge in [-0.2, -0.15) is 5.10 Å². The molecule has 2 aromatic heterocycles. The Morgan fingerprint density at radius 3 is 2.37 bits per heavy atom. The van der Waals surface area contributed by atoms with Crippen LogP contribution in [0.1, 0.15) is 36.8 Å². The van der Waals surface area contributed by atoms with E-state index in [0.717, 1.165) is 16.8 Å². The lowest BCUT2D eigenvalue weighted by Gasteiger charge is -2.23. The van der Waals surface area contributed by atoms with Crippen LogP contribution in [0.15, 0.2) is 53.5 Å². The number of aromatic nitrogens is 3. The van der Waals surface area contributed by atoms with E-state index in [9.17, 15) is 9.59 Å². The second-order valence-corrected chi connectivity index (χ2v) is 7.56. The van der Waals surface area contributed by atoms with Gasteiger partial charge in [0.2, 0.25) is 0 Å². The van der Waals surface area contributed by atoms with Crippen LogP contribution in [0, 0.1) is 6.92 Å². The third-order valence-electron chi connectivity index (χ3n) is 4.52. The molecule has 140 valence electrons. The molecule has 1 N–H and O–H groups in total. The molecule has 6 nitrogen and oxygen atoms in total. The van der Waals surface area contributed by atoms with E-state index in [0.29, 0.717) is 5.82 Å². The Kier molecular flexibility index (Phi) is 4.74. The number of nitrogens with zero attached hydrogens (tertiary/aromatic N) is 3. The topological polar surface area (TPSA) is 68.9 Å². The minimum Gasteiger partial charge on any atom is -0.315 e. The van der Waals surface area contributed by atoms with Crippen molar-refractivity contribution < 1.29 is 4.79 Å². The molecule has 0 bridgehead atoms. The summed E-state index contributed by atoms with van der Waals surface area (Å²) in [4.78, 5) is 25.4. The molecule has 0 aliphatic carbocycles. The normalized spacial score (nSPS) is 11.4. The van der Waals surface area contributed by atoms with E-state index in [2.05, 4.69) is 10.4 Å². The maximum absolute atomic E-state index is 12.9. The predicted molar refractivity (Wildman–Crippen MR) is 107 cm³/mol. The number of hydrogen-bond acceptors (Lipinski definition) is 3. The minimum atomic E-state index is -0.446. The number of pyridine rings is 1. The van der Waals surface area contributed by atoms with Crippen LogP contribution in [0.4, 0.5) is 5.82 Å². The zero-order chi connectivity index (χ0) is 19.8. The molecule has 0 fully saturated rings. The van der Waals surface area contributed by atoms with Crippen LogP contribution in [-0.4, -0.2) is 20.3 Å². The molecule has 0 aliphatic rings. The highest BCUT2D eigenvalue weighted by molar-refractivity contribution is 6.05. The number of carbonyl (C=O) groups excluding carboxylic acids is 1. The molecular weight excluding hydrogens is 340 g/mol. The summed E-state index contributed by atoms with van der Waals surface area (Å²) >= 11 is 0. The van der Waals surface area contributed by atoms with Gasteiger partial charge in [0.25, 0.3) is 11.5 Å². The Morgan fingerprint density at radius 1 is 1.07 bits per heavy atom. The Balaban J connectivity index is 2.08. The van der Waals surface area contributed by atoms with Gasteiger partial charge in [-0.25, -0.2) is 4.68 Å². The Morgan fingerprint density at radius 2 is 1.74 bits per heavy atom. The second kappa shape index (κ2) is 6.87. The number of carbonyl (C=O) groups is 1. The number of anilines is 1. The van der Waals surface area contributed by atoms with Gasteiger partial charge in [0.1, 0.15) is 11.4 Å². The second-order valence-electron chi connectivity index (χ2n) is 7.56. The van der Waals surface area contributed by atoms with Crippen LogP contribution in [0.5, 0.6) is 0 Å². The third kappa shape index (κ3) is 3.56. The van der Waals surface area contributed by atoms with Crippen LogP contribution in [0.2, 0.25) is 0 Å². The average molecular weight is 364 g/mol. The van der Waals surface area contributed by atoms with Gasteiger partial charge < -0.3 is 9.88 Å². The summed E-state index contributed by atoms with van der Waals surface area (Å²) in [5.74, 6) is 0.125. The summed E-state index contributed by atoms with van der Waals surface area (Å²) in [6.45, 7) is 7.85.